The summed E-state index contributed by atoms with van der Waals surface area (Å²) in [6.07, 6.45) is 0. The molecule has 0 radical (unpaired) electrons. The summed E-state index contributed by atoms with van der Waals surface area (Å²) >= 11 is 5.81. The fourth-order valence-electron chi connectivity index (χ4n) is 1.71. The summed E-state index contributed by atoms with van der Waals surface area (Å²) in [7, 11) is 1.69. The zero-order valence-electron chi connectivity index (χ0n) is 10.5. The van der Waals surface area contributed by atoms with E-state index in [-0.39, 0.29) is 0 Å². The molecule has 2 aromatic carbocycles. The van der Waals surface area contributed by atoms with E-state index >= 15 is 0 Å². The normalized spacial score (nSPS) is 10.5. The Morgan fingerprint density at radius 2 is 1.84 bits per heavy atom. The Morgan fingerprint density at radius 1 is 1.11 bits per heavy atom. The van der Waals surface area contributed by atoms with E-state index in [0.29, 0.717) is 13.2 Å². The largest absolute Gasteiger partial charge is 0.488 e. The smallest absolute Gasteiger partial charge is 0.126 e. The van der Waals surface area contributed by atoms with Crippen molar-refractivity contribution in [3.8, 4) is 5.75 Å². The minimum absolute atomic E-state index is 0.541. The molecular formula is C15H14BrIO2. The van der Waals surface area contributed by atoms with Crippen LogP contribution in [0.3, 0.4) is 0 Å². The first-order valence-corrected chi connectivity index (χ1v) is 7.71. The predicted octanol–water partition coefficient (Wildman–Crippen LogP) is 4.78. The molecule has 0 saturated carbocycles. The van der Waals surface area contributed by atoms with Crippen LogP contribution in [0.2, 0.25) is 0 Å². The summed E-state index contributed by atoms with van der Waals surface area (Å²) in [4.78, 5) is 0. The highest BCUT2D eigenvalue weighted by Crippen LogP contribution is 2.29. The van der Waals surface area contributed by atoms with Gasteiger partial charge in [0.15, 0.2) is 0 Å². The third-order valence-corrected chi connectivity index (χ3v) is 4.93. The molecule has 19 heavy (non-hydrogen) atoms. The van der Waals surface area contributed by atoms with Crippen LogP contribution in [-0.4, -0.2) is 7.11 Å². The second-order valence-electron chi connectivity index (χ2n) is 4.08. The van der Waals surface area contributed by atoms with Gasteiger partial charge in [0.1, 0.15) is 12.4 Å². The Morgan fingerprint density at radius 3 is 2.53 bits per heavy atom. The van der Waals surface area contributed by atoms with Crippen molar-refractivity contribution in [2.24, 2.45) is 0 Å². The summed E-state index contributed by atoms with van der Waals surface area (Å²) in [6, 6.07) is 14.2. The van der Waals surface area contributed by atoms with E-state index in [1.165, 1.54) is 0 Å². The molecule has 0 heterocycles. The maximum Gasteiger partial charge on any atom is 0.126 e. The number of methoxy groups -OCH3 is 1. The summed E-state index contributed by atoms with van der Waals surface area (Å²) in [6.45, 7) is 1.11. The number of rotatable bonds is 5. The van der Waals surface area contributed by atoms with Crippen LogP contribution in [0.5, 0.6) is 5.75 Å². The van der Waals surface area contributed by atoms with Crippen LogP contribution in [0.25, 0.3) is 0 Å². The van der Waals surface area contributed by atoms with Crippen LogP contribution in [0.1, 0.15) is 11.1 Å². The van der Waals surface area contributed by atoms with Crippen molar-refractivity contribution in [1.29, 1.82) is 0 Å². The molecular weight excluding hydrogens is 419 g/mol. The van der Waals surface area contributed by atoms with Gasteiger partial charge in [0.05, 0.1) is 6.61 Å². The zero-order chi connectivity index (χ0) is 13.7. The van der Waals surface area contributed by atoms with E-state index in [4.69, 9.17) is 9.47 Å². The van der Waals surface area contributed by atoms with Crippen molar-refractivity contribution >= 4 is 38.5 Å². The molecule has 0 aliphatic heterocycles. The highest BCUT2D eigenvalue weighted by Gasteiger charge is 2.08. The molecule has 0 aromatic heterocycles. The lowest BCUT2D eigenvalue weighted by atomic mass is 10.2. The van der Waals surface area contributed by atoms with Gasteiger partial charge in [-0.1, -0.05) is 30.3 Å². The van der Waals surface area contributed by atoms with Crippen LogP contribution in [-0.2, 0) is 18.0 Å². The van der Waals surface area contributed by atoms with Gasteiger partial charge in [-0.15, -0.1) is 0 Å². The predicted molar refractivity (Wildman–Crippen MR) is 88.3 cm³/mol. The maximum absolute atomic E-state index is 5.91. The topological polar surface area (TPSA) is 18.5 Å². The maximum atomic E-state index is 5.91. The first-order chi connectivity index (χ1) is 9.20. The minimum Gasteiger partial charge on any atom is -0.488 e. The lowest BCUT2D eigenvalue weighted by molar-refractivity contribution is 0.179. The van der Waals surface area contributed by atoms with Crippen molar-refractivity contribution in [1.82, 2.24) is 0 Å². The molecule has 100 valence electrons. The molecule has 0 N–H and O–H groups in total. The van der Waals surface area contributed by atoms with E-state index in [1.807, 2.05) is 30.3 Å². The Kier molecular flexibility index (Phi) is 5.66. The first kappa shape index (κ1) is 14.8. The molecule has 0 spiro atoms. The van der Waals surface area contributed by atoms with Gasteiger partial charge in [0.25, 0.3) is 0 Å². The minimum atomic E-state index is 0.541. The molecule has 2 rings (SSSR count). The molecule has 0 fully saturated rings. The lowest BCUT2D eigenvalue weighted by Gasteiger charge is -2.13. The second-order valence-corrected chi connectivity index (χ2v) is 6.10. The second kappa shape index (κ2) is 7.26. The Balaban J connectivity index is 2.16. The SMILES string of the molecule is COCc1cc(Br)c(I)cc1OCc1ccccc1. The van der Waals surface area contributed by atoms with Crippen molar-refractivity contribution in [3.63, 3.8) is 0 Å². The van der Waals surface area contributed by atoms with Crippen LogP contribution >= 0.6 is 38.5 Å². The number of benzene rings is 2. The third kappa shape index (κ3) is 4.19. The van der Waals surface area contributed by atoms with Crippen LogP contribution in [0.15, 0.2) is 46.9 Å². The highest BCUT2D eigenvalue weighted by molar-refractivity contribution is 14.1. The van der Waals surface area contributed by atoms with Gasteiger partial charge in [-0.3, -0.25) is 0 Å². The summed E-state index contributed by atoms with van der Waals surface area (Å²) in [5.74, 6) is 0.873. The average molecular weight is 433 g/mol. The van der Waals surface area contributed by atoms with Crippen LogP contribution in [0, 0.1) is 3.57 Å². The first-order valence-electron chi connectivity index (χ1n) is 5.84. The fourth-order valence-corrected chi connectivity index (χ4v) is 2.54. The van der Waals surface area contributed by atoms with Crippen molar-refractivity contribution in [3.05, 3.63) is 61.6 Å². The molecule has 2 aromatic rings. The van der Waals surface area contributed by atoms with E-state index in [0.717, 1.165) is 24.9 Å². The van der Waals surface area contributed by atoms with Crippen molar-refractivity contribution in [2.45, 2.75) is 13.2 Å². The Labute approximate surface area is 135 Å². The van der Waals surface area contributed by atoms with Gasteiger partial charge in [0, 0.05) is 20.7 Å². The van der Waals surface area contributed by atoms with Crippen molar-refractivity contribution < 1.29 is 9.47 Å². The average Bonchev–Trinajstić information content (AvgIpc) is 2.42. The molecule has 0 aliphatic carbocycles. The quantitative estimate of drug-likeness (QED) is 0.633. The van der Waals surface area contributed by atoms with Crippen molar-refractivity contribution in [2.75, 3.05) is 7.11 Å². The lowest BCUT2D eigenvalue weighted by Crippen LogP contribution is -2.00. The Bertz CT molecular complexity index is 543. The highest BCUT2D eigenvalue weighted by atomic mass is 127. The van der Waals surface area contributed by atoms with E-state index in [2.05, 4.69) is 50.7 Å². The molecule has 2 nitrogen and oxygen atoms in total. The molecule has 0 atom stereocenters. The van der Waals surface area contributed by atoms with E-state index < -0.39 is 0 Å². The van der Waals surface area contributed by atoms with Crippen LogP contribution < -0.4 is 4.74 Å². The van der Waals surface area contributed by atoms with Gasteiger partial charge in [0.2, 0.25) is 0 Å². The summed E-state index contributed by atoms with van der Waals surface area (Å²) in [5.41, 5.74) is 2.20. The summed E-state index contributed by atoms with van der Waals surface area (Å²) in [5, 5.41) is 0. The molecule has 0 bridgehead atoms. The molecule has 4 heteroatoms. The molecule has 0 unspecified atom stereocenters. The summed E-state index contributed by atoms with van der Waals surface area (Å²) < 4.78 is 13.3. The number of ether oxygens (including phenoxy) is 2. The van der Waals surface area contributed by atoms with Gasteiger partial charge in [-0.2, -0.15) is 0 Å². The molecule has 0 saturated heterocycles. The standard InChI is InChI=1S/C15H14BrIO2/c1-18-10-12-7-13(16)14(17)8-15(12)19-9-11-5-3-2-4-6-11/h2-8H,9-10H2,1H3. The Hall–Kier alpha value is -0.590. The van der Waals surface area contributed by atoms with Gasteiger partial charge in [-0.25, -0.2) is 0 Å². The molecule has 0 aliphatic rings. The van der Waals surface area contributed by atoms with Gasteiger partial charge < -0.3 is 9.47 Å². The number of halogens is 2. The van der Waals surface area contributed by atoms with E-state index in [1.54, 1.807) is 7.11 Å². The number of hydrogen-bond donors (Lipinski definition) is 0. The van der Waals surface area contributed by atoms with E-state index in [9.17, 15) is 0 Å². The van der Waals surface area contributed by atoms with Gasteiger partial charge >= 0.3 is 0 Å². The monoisotopic (exact) mass is 432 g/mol. The third-order valence-electron chi connectivity index (χ3n) is 2.64. The zero-order valence-corrected chi connectivity index (χ0v) is 14.3. The van der Waals surface area contributed by atoms with Crippen LogP contribution in [0.4, 0.5) is 0 Å². The molecule has 0 amide bonds. The number of hydrogen-bond acceptors (Lipinski definition) is 2. The van der Waals surface area contributed by atoms with Gasteiger partial charge in [-0.05, 0) is 56.2 Å². The fraction of sp³-hybridized carbons (Fsp3) is 0.200.